The van der Waals surface area contributed by atoms with Crippen molar-refractivity contribution >= 4 is 0 Å². The van der Waals surface area contributed by atoms with Crippen LogP contribution in [0.2, 0.25) is 0 Å². The van der Waals surface area contributed by atoms with Crippen LogP contribution in [0.5, 0.6) is 0 Å². The lowest BCUT2D eigenvalue weighted by molar-refractivity contribution is 0.643. The van der Waals surface area contributed by atoms with Crippen LogP contribution in [0.3, 0.4) is 0 Å². The maximum atomic E-state index is 4.09. The van der Waals surface area contributed by atoms with Gasteiger partial charge in [0.15, 0.2) is 0 Å². The molecule has 17 heavy (non-hydrogen) atoms. The molecule has 0 unspecified atom stereocenters. The molecule has 98 valence electrons. The zero-order valence-corrected chi connectivity index (χ0v) is 11.7. The fourth-order valence-corrected chi connectivity index (χ4v) is 1.69. The molecule has 0 saturated carbocycles. The Hall–Kier alpha value is -0.820. The lowest BCUT2D eigenvalue weighted by Gasteiger charge is -2.01. The highest BCUT2D eigenvalue weighted by Gasteiger charge is 1.91. The summed E-state index contributed by atoms with van der Waals surface area (Å²) in [7, 11) is 2.01. The Kier molecular flexibility index (Phi) is 11.1. The van der Waals surface area contributed by atoms with Crippen molar-refractivity contribution in [3.63, 3.8) is 0 Å². The average Bonchev–Trinajstić information content (AvgIpc) is 2.28. The Balaban J connectivity index is 3.38. The summed E-state index contributed by atoms with van der Waals surface area (Å²) in [5.41, 5.74) is 2.55. The highest BCUT2D eigenvalue weighted by Crippen LogP contribution is 2.10. The molecule has 0 spiro atoms. The third kappa shape index (κ3) is 13.1. The van der Waals surface area contributed by atoms with Crippen LogP contribution < -0.4 is 5.32 Å². The normalized spacial score (nSPS) is 10.9. The summed E-state index contributed by atoms with van der Waals surface area (Å²) < 4.78 is 0. The van der Waals surface area contributed by atoms with Crippen LogP contribution in [0.15, 0.2) is 36.5 Å². The molecule has 0 heterocycles. The van der Waals surface area contributed by atoms with Gasteiger partial charge in [-0.15, -0.1) is 6.58 Å². The second kappa shape index (κ2) is 11.7. The number of rotatable bonds is 11. The van der Waals surface area contributed by atoms with Crippen molar-refractivity contribution < 1.29 is 0 Å². The van der Waals surface area contributed by atoms with E-state index in [4.69, 9.17) is 0 Å². The molecule has 0 aromatic carbocycles. The first-order valence-electron chi connectivity index (χ1n) is 6.80. The Bertz CT molecular complexity index is 238. The van der Waals surface area contributed by atoms with Gasteiger partial charge < -0.3 is 5.32 Å². The fourth-order valence-electron chi connectivity index (χ4n) is 1.69. The number of allylic oxidation sites excluding steroid dienone is 4. The van der Waals surface area contributed by atoms with Gasteiger partial charge in [-0.25, -0.2) is 0 Å². The van der Waals surface area contributed by atoms with Crippen molar-refractivity contribution in [1.82, 2.24) is 5.32 Å². The van der Waals surface area contributed by atoms with E-state index in [0.717, 1.165) is 25.8 Å². The van der Waals surface area contributed by atoms with Crippen LogP contribution >= 0.6 is 0 Å². The highest BCUT2D eigenvalue weighted by molar-refractivity contribution is 5.13. The summed E-state index contributed by atoms with van der Waals surface area (Å²) in [6.07, 6.45) is 12.9. The highest BCUT2D eigenvalue weighted by atomic mass is 14.8. The van der Waals surface area contributed by atoms with Crippen LogP contribution in [-0.2, 0) is 0 Å². The van der Waals surface area contributed by atoms with Crippen molar-refractivity contribution in [2.75, 3.05) is 13.6 Å². The van der Waals surface area contributed by atoms with Crippen molar-refractivity contribution in [2.24, 2.45) is 0 Å². The standard InChI is InChI=1S/C16H29N/c1-15(2)11-7-5-8-12-16(3)13-9-6-10-14-17-4/h8,12,17H,1,3,5-7,9-11,13-14H2,2,4H3. The first kappa shape index (κ1) is 16.2. The van der Waals surface area contributed by atoms with Gasteiger partial charge in [-0.05, 0) is 59.0 Å². The van der Waals surface area contributed by atoms with Gasteiger partial charge in [0.05, 0.1) is 0 Å². The first-order chi connectivity index (χ1) is 8.16. The van der Waals surface area contributed by atoms with Gasteiger partial charge >= 0.3 is 0 Å². The van der Waals surface area contributed by atoms with Crippen LogP contribution in [-0.4, -0.2) is 13.6 Å². The van der Waals surface area contributed by atoms with E-state index in [9.17, 15) is 0 Å². The lowest BCUT2D eigenvalue weighted by atomic mass is 10.1. The second-order valence-corrected chi connectivity index (χ2v) is 4.82. The minimum atomic E-state index is 1.13. The Morgan fingerprint density at radius 1 is 1.06 bits per heavy atom. The third-order valence-corrected chi connectivity index (χ3v) is 2.75. The van der Waals surface area contributed by atoms with E-state index >= 15 is 0 Å². The topological polar surface area (TPSA) is 12.0 Å². The number of hydrogen-bond donors (Lipinski definition) is 1. The summed E-state index contributed by atoms with van der Waals surface area (Å²) in [4.78, 5) is 0. The largest absolute Gasteiger partial charge is 0.320 e. The quantitative estimate of drug-likeness (QED) is 0.313. The summed E-state index contributed by atoms with van der Waals surface area (Å²) >= 11 is 0. The van der Waals surface area contributed by atoms with Gasteiger partial charge in [0.1, 0.15) is 0 Å². The average molecular weight is 235 g/mol. The van der Waals surface area contributed by atoms with Gasteiger partial charge in [-0.3, -0.25) is 0 Å². The zero-order valence-electron chi connectivity index (χ0n) is 11.7. The molecule has 0 fully saturated rings. The maximum absolute atomic E-state index is 4.09. The molecule has 1 heteroatoms. The summed E-state index contributed by atoms with van der Waals surface area (Å²) in [5.74, 6) is 0. The molecule has 1 N–H and O–H groups in total. The predicted octanol–water partition coefficient (Wildman–Crippen LogP) is 4.63. The lowest BCUT2D eigenvalue weighted by Crippen LogP contribution is -2.06. The van der Waals surface area contributed by atoms with Crippen molar-refractivity contribution in [3.05, 3.63) is 36.5 Å². The smallest absolute Gasteiger partial charge is 0.00519 e. The SMILES string of the molecule is C=C(C)CCCC=CC(=C)CCCCCNC. The molecule has 0 atom stereocenters. The van der Waals surface area contributed by atoms with Gasteiger partial charge in [-0.1, -0.05) is 36.3 Å². The molecule has 0 aromatic heterocycles. The summed E-state index contributed by atoms with van der Waals surface area (Å²) in [6.45, 7) is 11.2. The first-order valence-corrected chi connectivity index (χ1v) is 6.80. The third-order valence-electron chi connectivity index (χ3n) is 2.75. The molecule has 0 aliphatic rings. The van der Waals surface area contributed by atoms with Crippen molar-refractivity contribution in [2.45, 2.75) is 51.9 Å². The van der Waals surface area contributed by atoms with E-state index in [1.165, 1.54) is 36.8 Å². The monoisotopic (exact) mass is 235 g/mol. The Morgan fingerprint density at radius 2 is 1.82 bits per heavy atom. The zero-order chi connectivity index (χ0) is 12.9. The molecule has 0 aliphatic carbocycles. The molecule has 1 nitrogen and oxygen atoms in total. The Morgan fingerprint density at radius 3 is 2.47 bits per heavy atom. The summed E-state index contributed by atoms with van der Waals surface area (Å²) in [5, 5.41) is 3.17. The molecule has 0 radical (unpaired) electrons. The van der Waals surface area contributed by atoms with Crippen molar-refractivity contribution in [3.8, 4) is 0 Å². The van der Waals surface area contributed by atoms with E-state index in [-0.39, 0.29) is 0 Å². The summed E-state index contributed by atoms with van der Waals surface area (Å²) in [6, 6.07) is 0. The second-order valence-electron chi connectivity index (χ2n) is 4.82. The molecule has 0 amide bonds. The number of nitrogens with one attached hydrogen (secondary N) is 1. The van der Waals surface area contributed by atoms with E-state index in [0.29, 0.717) is 0 Å². The van der Waals surface area contributed by atoms with E-state index in [1.807, 2.05) is 7.05 Å². The molecule has 0 aromatic rings. The predicted molar refractivity (Wildman–Crippen MR) is 79.3 cm³/mol. The van der Waals surface area contributed by atoms with Crippen LogP contribution in [0.4, 0.5) is 0 Å². The molecular weight excluding hydrogens is 206 g/mol. The minimum Gasteiger partial charge on any atom is -0.320 e. The van der Waals surface area contributed by atoms with Crippen LogP contribution in [0.25, 0.3) is 0 Å². The van der Waals surface area contributed by atoms with Crippen molar-refractivity contribution in [1.29, 1.82) is 0 Å². The van der Waals surface area contributed by atoms with Gasteiger partial charge in [0.2, 0.25) is 0 Å². The molecular formula is C16H29N. The van der Waals surface area contributed by atoms with E-state index in [2.05, 4.69) is 37.6 Å². The molecule has 0 aliphatic heterocycles. The van der Waals surface area contributed by atoms with Gasteiger partial charge in [-0.2, -0.15) is 0 Å². The number of unbranched alkanes of at least 4 members (excludes halogenated alkanes) is 3. The van der Waals surface area contributed by atoms with Gasteiger partial charge in [0, 0.05) is 0 Å². The fraction of sp³-hybridized carbons (Fsp3) is 0.625. The molecule has 0 saturated heterocycles. The minimum absolute atomic E-state index is 1.13. The molecule has 0 bridgehead atoms. The van der Waals surface area contributed by atoms with Crippen LogP contribution in [0.1, 0.15) is 51.9 Å². The van der Waals surface area contributed by atoms with E-state index in [1.54, 1.807) is 0 Å². The van der Waals surface area contributed by atoms with Gasteiger partial charge in [0.25, 0.3) is 0 Å². The maximum Gasteiger partial charge on any atom is -0.00519 e. The van der Waals surface area contributed by atoms with E-state index < -0.39 is 0 Å². The van der Waals surface area contributed by atoms with Crippen LogP contribution in [0, 0.1) is 0 Å². The Labute approximate surface area is 108 Å². The number of hydrogen-bond acceptors (Lipinski definition) is 1. The molecule has 0 rings (SSSR count).